The summed E-state index contributed by atoms with van der Waals surface area (Å²) in [6, 6.07) is 78.1. The van der Waals surface area contributed by atoms with Crippen molar-refractivity contribution in [2.45, 2.75) is 27.7 Å². The molecule has 0 radical (unpaired) electrons. The van der Waals surface area contributed by atoms with Gasteiger partial charge in [-0.15, -0.1) is 0 Å². The zero-order valence-electron chi connectivity index (χ0n) is 40.6. The smallest absolute Gasteiger partial charge is 0.155 e. The van der Waals surface area contributed by atoms with E-state index in [4.69, 9.17) is 0 Å². The van der Waals surface area contributed by atoms with Crippen LogP contribution in [0.4, 0.5) is 42.9 Å². The summed E-state index contributed by atoms with van der Waals surface area (Å²) >= 11 is 0. The van der Waals surface area contributed by atoms with Gasteiger partial charge < -0.3 is 9.80 Å². The van der Waals surface area contributed by atoms with Gasteiger partial charge in [-0.1, -0.05) is 170 Å². The predicted molar refractivity (Wildman–Crippen MR) is 300 cm³/mol. The minimum Gasteiger partial charge on any atom is -0.307 e. The Morgan fingerprint density at radius 2 is 0.597 bits per heavy atom. The fourth-order valence-electron chi connectivity index (χ4n) is 10.9. The van der Waals surface area contributed by atoms with Gasteiger partial charge in [0.2, 0.25) is 0 Å². The van der Waals surface area contributed by atoms with E-state index < -0.39 is 0 Å². The molecule has 0 aliphatic rings. The third-order valence-electron chi connectivity index (χ3n) is 14.5. The molecule has 4 heteroatoms. The molecular formula is C68H50F2N2. The molecule has 0 bridgehead atoms. The molecule has 0 fully saturated rings. The van der Waals surface area contributed by atoms with E-state index in [2.05, 4.69) is 96.4 Å². The average molecular weight is 933 g/mol. The van der Waals surface area contributed by atoms with Crippen molar-refractivity contribution in [1.82, 2.24) is 0 Å². The largest absolute Gasteiger partial charge is 0.307 e. The molecule has 0 aliphatic heterocycles. The van der Waals surface area contributed by atoms with Crippen LogP contribution in [0, 0.1) is 39.3 Å². The van der Waals surface area contributed by atoms with Gasteiger partial charge >= 0.3 is 0 Å². The summed E-state index contributed by atoms with van der Waals surface area (Å²) in [5.41, 5.74) is 15.1. The van der Waals surface area contributed by atoms with Gasteiger partial charge in [-0.25, -0.2) is 8.78 Å². The van der Waals surface area contributed by atoms with Gasteiger partial charge in [0.25, 0.3) is 0 Å². The Kier molecular flexibility index (Phi) is 11.2. The van der Waals surface area contributed by atoms with Crippen LogP contribution in [0.2, 0.25) is 0 Å². The zero-order valence-corrected chi connectivity index (χ0v) is 40.6. The quantitative estimate of drug-likeness (QED) is 0.126. The van der Waals surface area contributed by atoms with E-state index in [9.17, 15) is 0 Å². The molecule has 12 aromatic carbocycles. The van der Waals surface area contributed by atoms with Crippen molar-refractivity contribution in [3.8, 4) is 44.5 Å². The molecule has 0 amide bonds. The Labute approximate surface area is 419 Å². The van der Waals surface area contributed by atoms with Crippen LogP contribution < -0.4 is 9.80 Å². The van der Waals surface area contributed by atoms with Crippen LogP contribution in [0.5, 0.6) is 0 Å². The summed E-state index contributed by atoms with van der Waals surface area (Å²) in [6.45, 7) is 8.29. The van der Waals surface area contributed by atoms with E-state index in [-0.39, 0.29) is 11.6 Å². The van der Waals surface area contributed by atoms with Crippen molar-refractivity contribution in [3.05, 3.63) is 264 Å². The van der Waals surface area contributed by atoms with Gasteiger partial charge in [0, 0.05) is 33.3 Å². The first-order valence-electron chi connectivity index (χ1n) is 24.6. The molecule has 12 rings (SSSR count). The Morgan fingerprint density at radius 1 is 0.278 bits per heavy atom. The molecule has 72 heavy (non-hydrogen) atoms. The van der Waals surface area contributed by atoms with Gasteiger partial charge in [-0.05, 0) is 166 Å². The monoisotopic (exact) mass is 932 g/mol. The van der Waals surface area contributed by atoms with Gasteiger partial charge in [0.05, 0.1) is 22.7 Å². The van der Waals surface area contributed by atoms with Gasteiger partial charge in [0.15, 0.2) is 11.6 Å². The van der Waals surface area contributed by atoms with Crippen LogP contribution in [0.3, 0.4) is 0 Å². The van der Waals surface area contributed by atoms with Crippen molar-refractivity contribution in [2.75, 3.05) is 9.80 Å². The molecule has 346 valence electrons. The van der Waals surface area contributed by atoms with E-state index in [0.717, 1.165) is 111 Å². The number of anilines is 6. The normalized spacial score (nSPS) is 11.5. The second kappa shape index (κ2) is 18.1. The molecule has 0 saturated carbocycles. The fraction of sp³-hybridized carbons (Fsp3) is 0.0588. The van der Waals surface area contributed by atoms with Crippen LogP contribution in [0.15, 0.2) is 231 Å². The summed E-state index contributed by atoms with van der Waals surface area (Å²) in [5.74, 6) is -0.617. The van der Waals surface area contributed by atoms with Crippen molar-refractivity contribution in [2.24, 2.45) is 0 Å². The lowest BCUT2D eigenvalue weighted by Gasteiger charge is -2.31. The van der Waals surface area contributed by atoms with Crippen molar-refractivity contribution >= 4 is 66.4 Å². The van der Waals surface area contributed by atoms with Gasteiger partial charge in [-0.3, -0.25) is 0 Å². The molecule has 0 aromatic heterocycles. The summed E-state index contributed by atoms with van der Waals surface area (Å²) in [6.07, 6.45) is 0. The summed E-state index contributed by atoms with van der Waals surface area (Å²) in [4.78, 5) is 4.17. The maximum Gasteiger partial charge on any atom is 0.155 e. The predicted octanol–water partition coefficient (Wildman–Crippen LogP) is 19.7. The molecule has 2 nitrogen and oxygen atoms in total. The lowest BCUT2D eigenvalue weighted by molar-refractivity contribution is 0.632. The Balaban J connectivity index is 1.13. The first-order chi connectivity index (χ1) is 35.2. The van der Waals surface area contributed by atoms with Crippen molar-refractivity contribution in [3.63, 3.8) is 0 Å². The zero-order chi connectivity index (χ0) is 49.0. The highest BCUT2D eigenvalue weighted by Crippen LogP contribution is 2.51. The second-order valence-electron chi connectivity index (χ2n) is 18.9. The Hall–Kier alpha value is -8.86. The van der Waals surface area contributed by atoms with E-state index >= 15 is 8.78 Å². The SMILES string of the molecule is Cc1ccccc1-c1cc(-c2ccccc2C)c(F)c(N(c2ccccc2)c2ccc3ccc4c(N(c5ccccc5)c5cc(-c6ccccc6C)cc(-c6ccccc6C)c5F)ccc5ccc2c3c54)c1. The highest BCUT2D eigenvalue weighted by Gasteiger charge is 2.28. The van der Waals surface area contributed by atoms with Crippen molar-refractivity contribution < 1.29 is 8.78 Å². The minimum absolute atomic E-state index is 0.308. The van der Waals surface area contributed by atoms with E-state index in [1.807, 2.05) is 172 Å². The lowest BCUT2D eigenvalue weighted by Crippen LogP contribution is -2.14. The number of hydrogen-bond acceptors (Lipinski definition) is 2. The number of aryl methyl sites for hydroxylation is 4. The number of nitrogens with zero attached hydrogens (tertiary/aromatic N) is 2. The Morgan fingerprint density at radius 3 is 0.958 bits per heavy atom. The number of benzene rings is 12. The molecular weight excluding hydrogens is 883 g/mol. The average Bonchev–Trinajstić information content (AvgIpc) is 3.41. The van der Waals surface area contributed by atoms with E-state index in [1.165, 1.54) is 0 Å². The first-order valence-corrected chi connectivity index (χ1v) is 24.6. The molecule has 0 atom stereocenters. The summed E-state index contributed by atoms with van der Waals surface area (Å²) < 4.78 is 36.2. The molecule has 0 saturated heterocycles. The topological polar surface area (TPSA) is 6.48 Å². The number of hydrogen-bond donors (Lipinski definition) is 0. The van der Waals surface area contributed by atoms with Crippen molar-refractivity contribution in [1.29, 1.82) is 0 Å². The summed E-state index contributed by atoms with van der Waals surface area (Å²) in [5, 5.41) is 6.11. The standard InChI is InChI=1S/C68H50F2N2/c1-43-19-11-15-27-53(43)49-39-59(55-29-17-13-21-45(55)3)67(69)63(41-49)71(51-23-7-5-8-24-51)61-37-33-47-32-36-58-62(38-34-48-31-35-57(61)65(47)66(48)58)72(52-25-9-6-10-26-52)64-42-50(54-28-16-12-20-44(54)2)40-60(68(64)70)56-30-18-14-22-46(56)4/h5-42H,1-4H3. The minimum atomic E-state index is -0.308. The van der Waals surface area contributed by atoms with Crippen LogP contribution in [-0.2, 0) is 0 Å². The maximum absolute atomic E-state index is 18.1. The number of halogens is 2. The molecule has 0 aliphatic carbocycles. The maximum atomic E-state index is 18.1. The summed E-state index contributed by atoms with van der Waals surface area (Å²) in [7, 11) is 0. The van der Waals surface area contributed by atoms with E-state index in [0.29, 0.717) is 22.5 Å². The second-order valence-corrected chi connectivity index (χ2v) is 18.9. The van der Waals surface area contributed by atoms with Crippen LogP contribution in [0.25, 0.3) is 76.8 Å². The molecule has 12 aromatic rings. The number of rotatable bonds is 10. The van der Waals surface area contributed by atoms with E-state index in [1.54, 1.807) is 0 Å². The fourth-order valence-corrected chi connectivity index (χ4v) is 10.9. The Bertz CT molecular complexity index is 3750. The third kappa shape index (κ3) is 7.55. The molecule has 0 heterocycles. The molecule has 0 unspecified atom stereocenters. The lowest BCUT2D eigenvalue weighted by atomic mass is 9.90. The molecule has 0 N–H and O–H groups in total. The van der Waals surface area contributed by atoms with Crippen LogP contribution in [-0.4, -0.2) is 0 Å². The first kappa shape index (κ1) is 44.4. The van der Waals surface area contributed by atoms with Crippen LogP contribution in [0.1, 0.15) is 22.3 Å². The van der Waals surface area contributed by atoms with Crippen LogP contribution >= 0.6 is 0 Å². The van der Waals surface area contributed by atoms with Gasteiger partial charge in [-0.2, -0.15) is 0 Å². The third-order valence-corrected chi connectivity index (χ3v) is 14.5. The highest BCUT2D eigenvalue weighted by molar-refractivity contribution is 6.28. The van der Waals surface area contributed by atoms with Gasteiger partial charge in [0.1, 0.15) is 0 Å². The number of para-hydroxylation sites is 2. The highest BCUT2D eigenvalue weighted by atomic mass is 19.1. The molecule has 0 spiro atoms.